The average Bonchev–Trinajstić information content (AvgIpc) is 2.86. The van der Waals surface area contributed by atoms with Gasteiger partial charge in [-0.2, -0.15) is 0 Å². The third-order valence-corrected chi connectivity index (χ3v) is 7.96. The number of carbonyl (C=O) groups is 2. The Morgan fingerprint density at radius 1 is 0.886 bits per heavy atom. The van der Waals surface area contributed by atoms with Crippen LogP contribution in [0.4, 0.5) is 0 Å². The fourth-order valence-corrected chi connectivity index (χ4v) is 5.95. The van der Waals surface area contributed by atoms with E-state index < -0.39 is 0 Å². The fourth-order valence-electron chi connectivity index (χ4n) is 5.55. The van der Waals surface area contributed by atoms with Gasteiger partial charge in [-0.05, 0) is 56.4 Å². The van der Waals surface area contributed by atoms with Gasteiger partial charge in [-0.1, -0.05) is 40.2 Å². The van der Waals surface area contributed by atoms with Gasteiger partial charge in [0.1, 0.15) is 6.61 Å². The van der Waals surface area contributed by atoms with Crippen molar-refractivity contribution in [1.82, 2.24) is 4.90 Å². The smallest absolute Gasteiger partial charge is 0.161 e. The molecule has 0 bridgehead atoms. The van der Waals surface area contributed by atoms with Crippen molar-refractivity contribution in [2.75, 3.05) is 13.7 Å². The van der Waals surface area contributed by atoms with E-state index in [1.807, 2.05) is 56.4 Å². The van der Waals surface area contributed by atoms with Crippen LogP contribution in [0.3, 0.4) is 0 Å². The first-order chi connectivity index (χ1) is 17.0. The van der Waals surface area contributed by atoms with Crippen molar-refractivity contribution < 1.29 is 19.1 Å². The molecule has 2 aliphatic carbocycles. The van der Waals surface area contributed by atoms with Gasteiger partial charge in [-0.25, -0.2) is 0 Å². The molecule has 5 nitrogen and oxygen atoms in total. The van der Waals surface area contributed by atoms with Gasteiger partial charge in [0.15, 0.2) is 23.1 Å². The Bertz CT molecular complexity index is 1200. The molecule has 2 aromatic carbocycles. The Morgan fingerprint density at radius 2 is 1.54 bits per heavy atom. The summed E-state index contributed by atoms with van der Waals surface area (Å²) in [4.78, 5) is 28.6. The van der Waals surface area contributed by atoms with Gasteiger partial charge in [-0.3, -0.25) is 9.59 Å². The zero-order valence-corrected chi connectivity index (χ0v) is 21.8. The summed E-state index contributed by atoms with van der Waals surface area (Å²) in [5.74, 6) is 1.24. The minimum Gasteiger partial charge on any atom is -0.490 e. The summed E-state index contributed by atoms with van der Waals surface area (Å²) in [5.41, 5.74) is 5.69. The Balaban J connectivity index is 1.56. The van der Waals surface area contributed by atoms with Crippen LogP contribution < -0.4 is 9.47 Å². The lowest BCUT2D eigenvalue weighted by molar-refractivity contribution is -0.117. The molecule has 0 saturated heterocycles. The topological polar surface area (TPSA) is 55.8 Å². The number of rotatable bonds is 6. The minimum absolute atomic E-state index is 0.153. The summed E-state index contributed by atoms with van der Waals surface area (Å²) in [5, 5.41) is 0. The van der Waals surface area contributed by atoms with Gasteiger partial charge < -0.3 is 14.4 Å². The van der Waals surface area contributed by atoms with Crippen molar-refractivity contribution in [3.8, 4) is 11.5 Å². The first-order valence-corrected chi connectivity index (χ1v) is 13.2. The van der Waals surface area contributed by atoms with E-state index in [1.54, 1.807) is 0 Å². The van der Waals surface area contributed by atoms with Crippen molar-refractivity contribution in [2.45, 2.75) is 58.0 Å². The highest BCUT2D eigenvalue weighted by atomic mass is 79.9. The van der Waals surface area contributed by atoms with Gasteiger partial charge in [-0.15, -0.1) is 0 Å². The van der Waals surface area contributed by atoms with Crippen molar-refractivity contribution in [1.29, 1.82) is 0 Å². The normalized spacial score (nSPS) is 18.5. The van der Waals surface area contributed by atoms with Crippen LogP contribution in [0, 0.1) is 0 Å². The molecule has 0 saturated carbocycles. The predicted molar refractivity (Wildman–Crippen MR) is 138 cm³/mol. The molecule has 1 aliphatic heterocycles. The highest BCUT2D eigenvalue weighted by molar-refractivity contribution is 9.10. The first kappa shape index (κ1) is 23.9. The van der Waals surface area contributed by atoms with Gasteiger partial charge in [0.05, 0.1) is 6.61 Å². The van der Waals surface area contributed by atoms with Gasteiger partial charge in [0, 0.05) is 58.4 Å². The molecule has 0 N–H and O–H groups in total. The maximum atomic E-state index is 13.2. The van der Waals surface area contributed by atoms with Crippen LogP contribution in [0.15, 0.2) is 69.5 Å². The Hall–Kier alpha value is -2.86. The molecule has 35 heavy (non-hydrogen) atoms. The van der Waals surface area contributed by atoms with E-state index in [0.29, 0.717) is 37.6 Å². The van der Waals surface area contributed by atoms with Crippen LogP contribution in [0.25, 0.3) is 0 Å². The molecule has 0 radical (unpaired) electrons. The average molecular weight is 536 g/mol. The quantitative estimate of drug-likeness (QED) is 0.424. The van der Waals surface area contributed by atoms with Crippen LogP contribution in [-0.4, -0.2) is 30.1 Å². The number of Topliss-reactive ketones (excluding diaryl/α,β-unsaturated/α-hetero) is 2. The summed E-state index contributed by atoms with van der Waals surface area (Å²) in [7, 11) is 2.02. The zero-order valence-electron chi connectivity index (χ0n) is 20.2. The Kier molecular flexibility index (Phi) is 6.83. The van der Waals surface area contributed by atoms with Gasteiger partial charge in [0.2, 0.25) is 0 Å². The molecule has 0 fully saturated rings. The number of ether oxygens (including phenoxy) is 2. The molecule has 2 aromatic rings. The van der Waals surface area contributed by atoms with Crippen LogP contribution in [0.2, 0.25) is 0 Å². The van der Waals surface area contributed by atoms with Crippen LogP contribution in [0.1, 0.15) is 62.5 Å². The number of hydrogen-bond acceptors (Lipinski definition) is 5. The van der Waals surface area contributed by atoms with E-state index >= 15 is 0 Å². The summed E-state index contributed by atoms with van der Waals surface area (Å²) in [6.07, 6.45) is 4.51. The first-order valence-electron chi connectivity index (χ1n) is 12.4. The molecule has 0 amide bonds. The molecule has 0 atom stereocenters. The molecular weight excluding hydrogens is 506 g/mol. The van der Waals surface area contributed by atoms with Gasteiger partial charge in [0.25, 0.3) is 0 Å². The largest absolute Gasteiger partial charge is 0.490 e. The second-order valence-electron chi connectivity index (χ2n) is 9.29. The molecule has 182 valence electrons. The fraction of sp³-hybridized carbons (Fsp3) is 0.379. The number of hydrogen-bond donors (Lipinski definition) is 0. The SMILES string of the molecule is CCOc1cc(C2C3=C(CCCC3=O)N(C)C3=C2C(=O)CCC3)ccc1OCc1ccccc1Br. The highest BCUT2D eigenvalue weighted by Crippen LogP contribution is 2.49. The molecule has 5 rings (SSSR count). The molecule has 6 heteroatoms. The van der Waals surface area contributed by atoms with E-state index in [1.165, 1.54) is 0 Å². The molecule has 1 heterocycles. The third-order valence-electron chi connectivity index (χ3n) is 7.19. The number of nitrogens with zero attached hydrogens (tertiary/aromatic N) is 1. The molecule has 0 spiro atoms. The summed E-state index contributed by atoms with van der Waals surface area (Å²) in [6, 6.07) is 13.8. The van der Waals surface area contributed by atoms with E-state index in [-0.39, 0.29) is 17.5 Å². The van der Waals surface area contributed by atoms with Crippen molar-refractivity contribution in [2.24, 2.45) is 0 Å². The monoisotopic (exact) mass is 535 g/mol. The van der Waals surface area contributed by atoms with Crippen molar-refractivity contribution in [3.63, 3.8) is 0 Å². The highest BCUT2D eigenvalue weighted by Gasteiger charge is 2.42. The Morgan fingerprint density at radius 3 is 2.17 bits per heavy atom. The number of allylic oxidation sites excluding steroid dienone is 4. The molecule has 0 aromatic heterocycles. The number of carbonyl (C=O) groups excluding carboxylic acids is 2. The maximum absolute atomic E-state index is 13.2. The van der Waals surface area contributed by atoms with Crippen molar-refractivity contribution in [3.05, 3.63) is 80.6 Å². The minimum atomic E-state index is -0.340. The van der Waals surface area contributed by atoms with Crippen molar-refractivity contribution >= 4 is 27.5 Å². The summed E-state index contributed by atoms with van der Waals surface area (Å²) < 4.78 is 13.1. The summed E-state index contributed by atoms with van der Waals surface area (Å²) >= 11 is 3.57. The lowest BCUT2D eigenvalue weighted by Gasteiger charge is -2.42. The lowest BCUT2D eigenvalue weighted by Crippen LogP contribution is -2.37. The summed E-state index contributed by atoms with van der Waals surface area (Å²) in [6.45, 7) is 2.83. The number of halogens is 1. The second kappa shape index (κ2) is 10.0. The predicted octanol–water partition coefficient (Wildman–Crippen LogP) is 6.47. The number of benzene rings is 2. The molecule has 3 aliphatic rings. The van der Waals surface area contributed by atoms with E-state index in [9.17, 15) is 9.59 Å². The van der Waals surface area contributed by atoms with Crippen LogP contribution >= 0.6 is 15.9 Å². The maximum Gasteiger partial charge on any atom is 0.161 e. The van der Waals surface area contributed by atoms with Gasteiger partial charge >= 0.3 is 0 Å². The lowest BCUT2D eigenvalue weighted by atomic mass is 9.71. The van der Waals surface area contributed by atoms with Crippen LogP contribution in [-0.2, 0) is 16.2 Å². The van der Waals surface area contributed by atoms with E-state index in [0.717, 1.165) is 63.8 Å². The van der Waals surface area contributed by atoms with E-state index in [4.69, 9.17) is 9.47 Å². The zero-order chi connectivity index (χ0) is 24.5. The van der Waals surface area contributed by atoms with Crippen LogP contribution in [0.5, 0.6) is 11.5 Å². The molecule has 0 unspecified atom stereocenters. The Labute approximate surface area is 214 Å². The molecular formula is C29H30BrNO4. The van der Waals surface area contributed by atoms with E-state index in [2.05, 4.69) is 20.8 Å². The third kappa shape index (κ3) is 4.44. The second-order valence-corrected chi connectivity index (χ2v) is 10.1. The standard InChI is InChI=1S/C29H30BrNO4/c1-3-34-26-16-18(14-15-25(26)35-17-19-8-4-5-9-20(19)30)27-28-21(10-6-12-23(28)32)31(2)22-11-7-13-24(33)29(22)27/h4-5,8-9,14-16,27H,3,6-7,10-13,17H2,1-2H3. The number of ketones is 2.